The third-order valence-corrected chi connectivity index (χ3v) is 5.29. The summed E-state index contributed by atoms with van der Waals surface area (Å²) in [6, 6.07) is 0. The van der Waals surface area contributed by atoms with Crippen molar-refractivity contribution < 1.29 is 4.79 Å². The molecule has 0 saturated heterocycles. The van der Waals surface area contributed by atoms with Gasteiger partial charge in [0.15, 0.2) is 0 Å². The number of carbonyl (C=O) groups is 1. The summed E-state index contributed by atoms with van der Waals surface area (Å²) in [6.07, 6.45) is 31.5. The monoisotopic (exact) mass is 364 g/mol. The van der Waals surface area contributed by atoms with Crippen molar-refractivity contribution in [2.75, 3.05) is 0 Å². The van der Waals surface area contributed by atoms with Crippen molar-refractivity contribution in [3.63, 3.8) is 0 Å². The number of carbonyl (C=O) groups excluding carboxylic acids is 1. The molecule has 0 aromatic rings. The second kappa shape index (κ2) is 22.5. The topological polar surface area (TPSA) is 17.1 Å². The summed E-state index contributed by atoms with van der Waals surface area (Å²) in [5, 5.41) is 0. The van der Waals surface area contributed by atoms with E-state index in [4.69, 9.17) is 0 Å². The minimum atomic E-state index is 0.346. The first kappa shape index (κ1) is 25.4. The molecule has 0 aliphatic rings. The summed E-state index contributed by atoms with van der Waals surface area (Å²) in [5.74, 6) is 0.346. The van der Waals surface area contributed by atoms with E-state index in [0.29, 0.717) is 5.78 Å². The summed E-state index contributed by atoms with van der Waals surface area (Å²) < 4.78 is 0. The van der Waals surface area contributed by atoms with Gasteiger partial charge in [0, 0.05) is 6.42 Å². The van der Waals surface area contributed by atoms with Gasteiger partial charge in [0.1, 0.15) is 5.78 Å². The molecule has 0 aliphatic carbocycles. The molecule has 0 heterocycles. The van der Waals surface area contributed by atoms with Crippen LogP contribution in [0.15, 0.2) is 12.2 Å². The Kier molecular flexibility index (Phi) is 21.9. The van der Waals surface area contributed by atoms with Crippen molar-refractivity contribution in [1.82, 2.24) is 0 Å². The summed E-state index contributed by atoms with van der Waals surface area (Å²) in [7, 11) is 0. The first-order valence-electron chi connectivity index (χ1n) is 11.9. The number of hydrogen-bond acceptors (Lipinski definition) is 1. The molecule has 0 fully saturated rings. The van der Waals surface area contributed by atoms with Crippen LogP contribution in [0.3, 0.4) is 0 Å². The minimum absolute atomic E-state index is 0.346. The fraction of sp³-hybridized carbons (Fsp3) is 0.880. The Morgan fingerprint density at radius 2 is 0.885 bits per heavy atom. The van der Waals surface area contributed by atoms with Crippen LogP contribution in [0.1, 0.15) is 142 Å². The SMILES string of the molecule is CCCCCCCCC=CCCCCCCCCCCCCCC(C)=O. The highest BCUT2D eigenvalue weighted by Gasteiger charge is 1.95. The molecule has 0 spiro atoms. The molecule has 0 bridgehead atoms. The van der Waals surface area contributed by atoms with Gasteiger partial charge in [-0.1, -0.05) is 109 Å². The highest BCUT2D eigenvalue weighted by molar-refractivity contribution is 5.75. The molecule has 0 aromatic heterocycles. The van der Waals surface area contributed by atoms with Gasteiger partial charge in [-0.25, -0.2) is 0 Å². The fourth-order valence-corrected chi connectivity index (χ4v) is 3.51. The Morgan fingerprint density at radius 1 is 0.538 bits per heavy atom. The van der Waals surface area contributed by atoms with Crippen molar-refractivity contribution in [3.8, 4) is 0 Å². The molecule has 1 nitrogen and oxygen atoms in total. The highest BCUT2D eigenvalue weighted by Crippen LogP contribution is 2.13. The predicted octanol–water partition coefficient (Wildman–Crippen LogP) is 8.95. The second-order valence-electron chi connectivity index (χ2n) is 8.16. The lowest BCUT2D eigenvalue weighted by molar-refractivity contribution is -0.117. The van der Waals surface area contributed by atoms with Gasteiger partial charge >= 0.3 is 0 Å². The number of ketones is 1. The normalized spacial score (nSPS) is 11.5. The van der Waals surface area contributed by atoms with Crippen molar-refractivity contribution in [2.24, 2.45) is 0 Å². The van der Waals surface area contributed by atoms with Crippen LogP contribution in [0, 0.1) is 0 Å². The lowest BCUT2D eigenvalue weighted by atomic mass is 10.0. The molecule has 0 rings (SSSR count). The molecule has 0 amide bonds. The minimum Gasteiger partial charge on any atom is -0.300 e. The van der Waals surface area contributed by atoms with Crippen LogP contribution in [0.25, 0.3) is 0 Å². The second-order valence-corrected chi connectivity index (χ2v) is 8.16. The van der Waals surface area contributed by atoms with Crippen molar-refractivity contribution in [1.29, 1.82) is 0 Å². The fourth-order valence-electron chi connectivity index (χ4n) is 3.51. The van der Waals surface area contributed by atoms with E-state index in [9.17, 15) is 4.79 Å². The summed E-state index contributed by atoms with van der Waals surface area (Å²) in [4.78, 5) is 10.8. The average Bonchev–Trinajstić information content (AvgIpc) is 2.62. The standard InChI is InChI=1S/C25H48O/c1-3-4-5-6-7-8-9-10-11-12-13-14-15-16-17-18-19-20-21-22-23-24-25(2)26/h10-11H,3-9,12-24H2,1-2H3. The van der Waals surface area contributed by atoms with E-state index >= 15 is 0 Å². The van der Waals surface area contributed by atoms with E-state index in [-0.39, 0.29) is 0 Å². The predicted molar refractivity (Wildman–Crippen MR) is 118 cm³/mol. The zero-order valence-electron chi connectivity index (χ0n) is 18.2. The lowest BCUT2D eigenvalue weighted by Gasteiger charge is -2.02. The van der Waals surface area contributed by atoms with E-state index in [0.717, 1.165) is 12.8 Å². The van der Waals surface area contributed by atoms with Crippen molar-refractivity contribution >= 4 is 5.78 Å². The number of rotatable bonds is 21. The van der Waals surface area contributed by atoms with Gasteiger partial charge in [-0.3, -0.25) is 0 Å². The molecule has 1 heteroatoms. The van der Waals surface area contributed by atoms with E-state index in [2.05, 4.69) is 19.1 Å². The van der Waals surface area contributed by atoms with E-state index in [1.807, 2.05) is 0 Å². The van der Waals surface area contributed by atoms with Gasteiger partial charge in [-0.05, 0) is 39.0 Å². The number of allylic oxidation sites excluding steroid dienone is 2. The van der Waals surface area contributed by atoms with Gasteiger partial charge in [0.2, 0.25) is 0 Å². The molecule has 0 radical (unpaired) electrons. The van der Waals surface area contributed by atoms with Crippen LogP contribution >= 0.6 is 0 Å². The maximum Gasteiger partial charge on any atom is 0.129 e. The quantitative estimate of drug-likeness (QED) is 0.147. The number of hydrogen-bond donors (Lipinski definition) is 0. The Hall–Kier alpha value is -0.590. The molecule has 0 saturated carbocycles. The van der Waals surface area contributed by atoms with Crippen LogP contribution < -0.4 is 0 Å². The molecule has 26 heavy (non-hydrogen) atoms. The maximum atomic E-state index is 10.8. The third kappa shape index (κ3) is 23.4. The molecular weight excluding hydrogens is 316 g/mol. The zero-order valence-corrected chi connectivity index (χ0v) is 18.2. The van der Waals surface area contributed by atoms with Gasteiger partial charge < -0.3 is 4.79 Å². The molecule has 0 N–H and O–H groups in total. The molecule has 0 aliphatic heterocycles. The average molecular weight is 365 g/mol. The Morgan fingerprint density at radius 3 is 1.27 bits per heavy atom. The van der Waals surface area contributed by atoms with Crippen LogP contribution in [-0.2, 0) is 4.79 Å². The number of Topliss-reactive ketones (excluding diaryl/α,β-unsaturated/α-hetero) is 1. The van der Waals surface area contributed by atoms with Crippen LogP contribution in [0.5, 0.6) is 0 Å². The third-order valence-electron chi connectivity index (χ3n) is 5.29. The lowest BCUT2D eigenvalue weighted by Crippen LogP contribution is -1.89. The summed E-state index contributed by atoms with van der Waals surface area (Å²) in [5.41, 5.74) is 0. The van der Waals surface area contributed by atoms with Crippen molar-refractivity contribution in [2.45, 2.75) is 142 Å². The Bertz CT molecular complexity index is 305. The van der Waals surface area contributed by atoms with Crippen LogP contribution in [-0.4, -0.2) is 5.78 Å². The molecule has 0 atom stereocenters. The molecule has 0 aromatic carbocycles. The van der Waals surface area contributed by atoms with E-state index in [1.54, 1.807) is 6.92 Å². The first-order chi connectivity index (χ1) is 12.8. The maximum absolute atomic E-state index is 10.8. The van der Waals surface area contributed by atoms with E-state index < -0.39 is 0 Å². The van der Waals surface area contributed by atoms with Gasteiger partial charge in [-0.15, -0.1) is 0 Å². The smallest absolute Gasteiger partial charge is 0.129 e. The van der Waals surface area contributed by atoms with Gasteiger partial charge in [0.05, 0.1) is 0 Å². The largest absolute Gasteiger partial charge is 0.300 e. The molecular formula is C25H48O. The van der Waals surface area contributed by atoms with Crippen LogP contribution in [0.4, 0.5) is 0 Å². The zero-order chi connectivity index (χ0) is 19.1. The first-order valence-corrected chi connectivity index (χ1v) is 11.9. The molecule has 154 valence electrons. The van der Waals surface area contributed by atoms with Crippen LogP contribution in [0.2, 0.25) is 0 Å². The molecule has 0 unspecified atom stereocenters. The highest BCUT2D eigenvalue weighted by atomic mass is 16.1. The number of unbranched alkanes of at least 4 members (excludes halogenated alkanes) is 17. The Balaban J connectivity index is 3.06. The summed E-state index contributed by atoms with van der Waals surface area (Å²) >= 11 is 0. The summed E-state index contributed by atoms with van der Waals surface area (Å²) in [6.45, 7) is 3.98. The van der Waals surface area contributed by atoms with Gasteiger partial charge in [-0.2, -0.15) is 0 Å². The Labute approximate surface area is 165 Å². The van der Waals surface area contributed by atoms with E-state index in [1.165, 1.54) is 116 Å². The van der Waals surface area contributed by atoms with Gasteiger partial charge in [0.25, 0.3) is 0 Å². The van der Waals surface area contributed by atoms with Crippen molar-refractivity contribution in [3.05, 3.63) is 12.2 Å².